The normalized spacial score (nSPS) is 27.2. The van der Waals surface area contributed by atoms with Gasteiger partial charge in [-0.25, -0.2) is 4.98 Å². The summed E-state index contributed by atoms with van der Waals surface area (Å²) in [5.41, 5.74) is -0.833. The first-order valence-electron chi connectivity index (χ1n) is 7.05. The first-order valence-corrected chi connectivity index (χ1v) is 7.05. The molecule has 0 aliphatic heterocycles. The lowest BCUT2D eigenvalue weighted by atomic mass is 9.78. The van der Waals surface area contributed by atoms with Crippen LogP contribution >= 0.6 is 0 Å². The summed E-state index contributed by atoms with van der Waals surface area (Å²) in [5, 5.41) is 13.6. The highest BCUT2D eigenvalue weighted by atomic mass is 16.3. The number of rotatable bonds is 4. The van der Waals surface area contributed by atoms with Gasteiger partial charge in [-0.2, -0.15) is 0 Å². The molecule has 0 saturated heterocycles. The standard InChI is InChI=1S/C14H23N3O2/c1-3-11-4-6-14(19,7-5-11)9-15-12-8-13(18)17-10(2)16-12/h8,11,19H,3-7,9H2,1-2H3,(H2,15,16,17,18). The van der Waals surface area contributed by atoms with Gasteiger partial charge in [0.25, 0.3) is 5.56 Å². The summed E-state index contributed by atoms with van der Waals surface area (Å²) in [6, 6.07) is 1.42. The summed E-state index contributed by atoms with van der Waals surface area (Å²) in [4.78, 5) is 18.1. The van der Waals surface area contributed by atoms with Gasteiger partial charge < -0.3 is 15.4 Å². The number of hydrogen-bond acceptors (Lipinski definition) is 4. The van der Waals surface area contributed by atoms with Crippen LogP contribution in [0, 0.1) is 12.8 Å². The number of aliphatic hydroxyl groups is 1. The van der Waals surface area contributed by atoms with E-state index in [9.17, 15) is 9.90 Å². The molecule has 0 amide bonds. The summed E-state index contributed by atoms with van der Waals surface area (Å²) >= 11 is 0. The zero-order valence-electron chi connectivity index (χ0n) is 11.7. The van der Waals surface area contributed by atoms with Gasteiger partial charge in [-0.1, -0.05) is 13.3 Å². The van der Waals surface area contributed by atoms with E-state index < -0.39 is 5.60 Å². The van der Waals surface area contributed by atoms with Gasteiger partial charge in [0.05, 0.1) is 5.60 Å². The number of aryl methyl sites for hydroxylation is 1. The van der Waals surface area contributed by atoms with E-state index in [1.165, 1.54) is 12.5 Å². The quantitative estimate of drug-likeness (QED) is 0.776. The summed E-state index contributed by atoms with van der Waals surface area (Å²) < 4.78 is 0. The Morgan fingerprint density at radius 3 is 2.79 bits per heavy atom. The minimum absolute atomic E-state index is 0.170. The Balaban J connectivity index is 1.93. The fraction of sp³-hybridized carbons (Fsp3) is 0.714. The van der Waals surface area contributed by atoms with Crippen LogP contribution in [0.25, 0.3) is 0 Å². The SMILES string of the molecule is CCC1CCC(O)(CNc2cc(=O)[nH]c(C)n2)CC1. The minimum atomic E-state index is -0.663. The van der Waals surface area contributed by atoms with Crippen LogP contribution in [0.4, 0.5) is 5.82 Å². The Hall–Kier alpha value is -1.36. The maximum atomic E-state index is 11.3. The second kappa shape index (κ2) is 5.74. The van der Waals surface area contributed by atoms with Crippen LogP contribution in [0.1, 0.15) is 44.9 Å². The van der Waals surface area contributed by atoms with E-state index in [0.29, 0.717) is 18.2 Å². The molecule has 1 aromatic rings. The fourth-order valence-electron chi connectivity index (χ4n) is 2.73. The summed E-state index contributed by atoms with van der Waals surface area (Å²) in [6.07, 6.45) is 4.99. The predicted octanol–water partition coefficient (Wildman–Crippen LogP) is 1.82. The van der Waals surface area contributed by atoms with Crippen molar-refractivity contribution < 1.29 is 5.11 Å². The number of aromatic nitrogens is 2. The van der Waals surface area contributed by atoms with Crippen LogP contribution in [0.5, 0.6) is 0 Å². The molecule has 1 saturated carbocycles. The zero-order chi connectivity index (χ0) is 13.9. The van der Waals surface area contributed by atoms with Crippen LogP contribution in [0.2, 0.25) is 0 Å². The van der Waals surface area contributed by atoms with Gasteiger partial charge in [0.15, 0.2) is 0 Å². The van der Waals surface area contributed by atoms with Crippen LogP contribution in [-0.2, 0) is 0 Å². The summed E-state index contributed by atoms with van der Waals surface area (Å²) in [7, 11) is 0. The molecule has 19 heavy (non-hydrogen) atoms. The van der Waals surface area contributed by atoms with Crippen LogP contribution in [-0.4, -0.2) is 27.2 Å². The van der Waals surface area contributed by atoms with E-state index in [0.717, 1.165) is 31.6 Å². The Labute approximate surface area is 113 Å². The maximum Gasteiger partial charge on any atom is 0.252 e. The molecule has 1 aromatic heterocycles. The van der Waals surface area contributed by atoms with E-state index >= 15 is 0 Å². The third-order valence-electron chi connectivity index (χ3n) is 4.07. The number of nitrogens with one attached hydrogen (secondary N) is 2. The van der Waals surface area contributed by atoms with Gasteiger partial charge in [-0.05, 0) is 38.5 Å². The third-order valence-corrected chi connectivity index (χ3v) is 4.07. The average molecular weight is 265 g/mol. The Bertz CT molecular complexity index is 476. The Morgan fingerprint density at radius 2 is 2.21 bits per heavy atom. The number of anilines is 1. The molecule has 1 heterocycles. The largest absolute Gasteiger partial charge is 0.388 e. The van der Waals surface area contributed by atoms with Gasteiger partial charge in [0.2, 0.25) is 0 Å². The highest BCUT2D eigenvalue weighted by molar-refractivity contribution is 5.33. The number of aromatic amines is 1. The van der Waals surface area contributed by atoms with Crippen molar-refractivity contribution in [3.8, 4) is 0 Å². The van der Waals surface area contributed by atoms with Crippen molar-refractivity contribution >= 4 is 5.82 Å². The maximum absolute atomic E-state index is 11.3. The highest BCUT2D eigenvalue weighted by Crippen LogP contribution is 2.33. The van der Waals surface area contributed by atoms with Crippen molar-refractivity contribution in [2.75, 3.05) is 11.9 Å². The topological polar surface area (TPSA) is 78.0 Å². The molecule has 1 aliphatic rings. The van der Waals surface area contributed by atoms with Crippen LogP contribution in [0.3, 0.4) is 0 Å². The second-order valence-electron chi connectivity index (χ2n) is 5.65. The average Bonchev–Trinajstić information content (AvgIpc) is 2.37. The summed E-state index contributed by atoms with van der Waals surface area (Å²) in [6.45, 7) is 4.41. The fourth-order valence-corrected chi connectivity index (χ4v) is 2.73. The van der Waals surface area contributed by atoms with Gasteiger partial charge >= 0.3 is 0 Å². The van der Waals surface area contributed by atoms with E-state index in [1.807, 2.05) is 0 Å². The first-order chi connectivity index (χ1) is 9.00. The molecule has 0 atom stereocenters. The van der Waals surface area contributed by atoms with E-state index in [1.54, 1.807) is 6.92 Å². The molecule has 0 aromatic carbocycles. The van der Waals surface area contributed by atoms with Gasteiger partial charge in [0.1, 0.15) is 11.6 Å². The number of H-pyrrole nitrogens is 1. The molecule has 5 nitrogen and oxygen atoms in total. The zero-order valence-corrected chi connectivity index (χ0v) is 11.7. The highest BCUT2D eigenvalue weighted by Gasteiger charge is 2.32. The monoisotopic (exact) mass is 265 g/mol. The molecule has 0 spiro atoms. The molecular formula is C14H23N3O2. The van der Waals surface area contributed by atoms with Gasteiger partial charge in [-0.3, -0.25) is 4.79 Å². The molecule has 3 N–H and O–H groups in total. The smallest absolute Gasteiger partial charge is 0.252 e. The van der Waals surface area contributed by atoms with Crippen molar-refractivity contribution in [3.63, 3.8) is 0 Å². The molecule has 1 fully saturated rings. The number of nitrogens with zero attached hydrogens (tertiary/aromatic N) is 1. The lowest BCUT2D eigenvalue weighted by Gasteiger charge is -2.36. The predicted molar refractivity (Wildman–Crippen MR) is 75.3 cm³/mol. The lowest BCUT2D eigenvalue weighted by molar-refractivity contribution is 0.00222. The molecule has 0 unspecified atom stereocenters. The minimum Gasteiger partial charge on any atom is -0.388 e. The Kier molecular flexibility index (Phi) is 4.24. The summed E-state index contributed by atoms with van der Waals surface area (Å²) in [5.74, 6) is 1.86. The number of hydrogen-bond donors (Lipinski definition) is 3. The third kappa shape index (κ3) is 3.80. The van der Waals surface area contributed by atoms with Crippen molar-refractivity contribution in [1.29, 1.82) is 0 Å². The molecule has 1 aliphatic carbocycles. The molecule has 0 bridgehead atoms. The van der Waals surface area contributed by atoms with Gasteiger partial charge in [-0.15, -0.1) is 0 Å². The van der Waals surface area contributed by atoms with Crippen molar-refractivity contribution in [2.24, 2.45) is 5.92 Å². The molecule has 106 valence electrons. The second-order valence-corrected chi connectivity index (χ2v) is 5.65. The van der Waals surface area contributed by atoms with Crippen LogP contribution in [0.15, 0.2) is 10.9 Å². The van der Waals surface area contributed by atoms with E-state index in [2.05, 4.69) is 22.2 Å². The Morgan fingerprint density at radius 1 is 1.53 bits per heavy atom. The lowest BCUT2D eigenvalue weighted by Crippen LogP contribution is -2.40. The molecule has 0 radical (unpaired) electrons. The molecule has 5 heteroatoms. The molecular weight excluding hydrogens is 242 g/mol. The van der Waals surface area contributed by atoms with E-state index in [-0.39, 0.29) is 5.56 Å². The van der Waals surface area contributed by atoms with Crippen molar-refractivity contribution in [3.05, 3.63) is 22.2 Å². The molecule has 2 rings (SSSR count). The van der Waals surface area contributed by atoms with Crippen LogP contribution < -0.4 is 10.9 Å². The first kappa shape index (κ1) is 14.1. The van der Waals surface area contributed by atoms with Crippen molar-refractivity contribution in [2.45, 2.75) is 51.6 Å². The van der Waals surface area contributed by atoms with Crippen molar-refractivity contribution in [1.82, 2.24) is 9.97 Å². The van der Waals surface area contributed by atoms with E-state index in [4.69, 9.17) is 0 Å². The van der Waals surface area contributed by atoms with Gasteiger partial charge in [0, 0.05) is 12.6 Å².